The molecule has 76 valence electrons. The van der Waals surface area contributed by atoms with Crippen LogP contribution >= 0.6 is 0 Å². The molecule has 1 aromatic rings. The molecule has 0 aliphatic rings. The monoisotopic (exact) mass is 198 g/mol. The zero-order chi connectivity index (χ0) is 11.3. The Labute approximate surface area is 91.1 Å². The van der Waals surface area contributed by atoms with Crippen molar-refractivity contribution in [2.45, 2.75) is 13.8 Å². The first-order chi connectivity index (χ1) is 7.22. The molecule has 0 radical (unpaired) electrons. The lowest BCUT2D eigenvalue weighted by Gasteiger charge is -2.21. The van der Waals surface area contributed by atoms with E-state index >= 15 is 0 Å². The topological polar surface area (TPSA) is 27.0 Å². The van der Waals surface area contributed by atoms with Crippen molar-refractivity contribution in [1.82, 2.24) is 0 Å². The van der Waals surface area contributed by atoms with E-state index in [1.807, 2.05) is 36.9 Å². The highest BCUT2D eigenvalue weighted by Crippen LogP contribution is 2.21. The summed E-state index contributed by atoms with van der Waals surface area (Å²) >= 11 is 0. The van der Waals surface area contributed by atoms with Gasteiger partial charge in [0.05, 0.1) is 17.8 Å². The Morgan fingerprint density at radius 1 is 1.47 bits per heavy atom. The van der Waals surface area contributed by atoms with Gasteiger partial charge >= 0.3 is 0 Å². The molecule has 0 aliphatic carbocycles. The summed E-state index contributed by atoms with van der Waals surface area (Å²) in [6.45, 7) is 5.38. The summed E-state index contributed by atoms with van der Waals surface area (Å²) in [4.78, 5) is 2.02. The zero-order valence-electron chi connectivity index (χ0n) is 9.12. The quantitative estimate of drug-likeness (QED) is 0.697. The van der Waals surface area contributed by atoms with E-state index < -0.39 is 0 Å². The molecular formula is C13H14N2. The van der Waals surface area contributed by atoms with Crippen molar-refractivity contribution in [3.63, 3.8) is 0 Å². The third-order valence-corrected chi connectivity index (χ3v) is 2.28. The number of anilines is 1. The van der Waals surface area contributed by atoms with Crippen LogP contribution < -0.4 is 4.90 Å². The number of benzene rings is 1. The van der Waals surface area contributed by atoms with E-state index in [0.717, 1.165) is 17.8 Å². The summed E-state index contributed by atoms with van der Waals surface area (Å²) in [5.41, 5.74) is 2.75. The molecule has 0 N–H and O–H groups in total. The van der Waals surface area contributed by atoms with Crippen LogP contribution in [0, 0.1) is 30.6 Å². The highest BCUT2D eigenvalue weighted by atomic mass is 15.1. The van der Waals surface area contributed by atoms with E-state index in [1.165, 1.54) is 0 Å². The van der Waals surface area contributed by atoms with Crippen molar-refractivity contribution in [2.75, 3.05) is 18.0 Å². The van der Waals surface area contributed by atoms with Crippen molar-refractivity contribution in [3.8, 4) is 18.4 Å². The Balaban J connectivity index is 3.16. The molecule has 2 nitrogen and oxygen atoms in total. The minimum Gasteiger partial charge on any atom is -0.360 e. The third-order valence-electron chi connectivity index (χ3n) is 2.28. The van der Waals surface area contributed by atoms with Crippen molar-refractivity contribution in [2.24, 2.45) is 0 Å². The van der Waals surface area contributed by atoms with E-state index in [2.05, 4.69) is 12.0 Å². The molecular weight excluding hydrogens is 184 g/mol. The molecule has 0 aliphatic heterocycles. The summed E-state index contributed by atoms with van der Waals surface area (Å²) in [7, 11) is 0. The van der Waals surface area contributed by atoms with Gasteiger partial charge in [0.1, 0.15) is 6.07 Å². The largest absolute Gasteiger partial charge is 0.360 e. The van der Waals surface area contributed by atoms with Crippen LogP contribution in [0.4, 0.5) is 5.69 Å². The van der Waals surface area contributed by atoms with E-state index in [4.69, 9.17) is 11.7 Å². The highest BCUT2D eigenvalue weighted by molar-refractivity contribution is 5.61. The van der Waals surface area contributed by atoms with Crippen molar-refractivity contribution in [3.05, 3.63) is 29.3 Å². The summed E-state index contributed by atoms with van der Waals surface area (Å²) in [6, 6.07) is 7.96. The summed E-state index contributed by atoms with van der Waals surface area (Å²) in [5.74, 6) is 2.60. The van der Waals surface area contributed by atoms with Crippen LogP contribution in [0.3, 0.4) is 0 Å². The lowest BCUT2D eigenvalue weighted by atomic mass is 10.1. The average molecular weight is 198 g/mol. The molecule has 0 atom stereocenters. The summed E-state index contributed by atoms with van der Waals surface area (Å²) in [6.07, 6.45) is 5.30. The lowest BCUT2D eigenvalue weighted by molar-refractivity contribution is 0.915. The van der Waals surface area contributed by atoms with Crippen molar-refractivity contribution in [1.29, 1.82) is 5.26 Å². The molecule has 15 heavy (non-hydrogen) atoms. The zero-order valence-corrected chi connectivity index (χ0v) is 9.12. The van der Waals surface area contributed by atoms with Gasteiger partial charge in [0, 0.05) is 6.54 Å². The van der Waals surface area contributed by atoms with Gasteiger partial charge in [-0.15, -0.1) is 6.42 Å². The Bertz CT molecular complexity index is 421. The molecule has 0 saturated carbocycles. The first-order valence-electron chi connectivity index (χ1n) is 4.92. The number of rotatable bonds is 3. The van der Waals surface area contributed by atoms with Gasteiger partial charge in [-0.2, -0.15) is 5.26 Å². The number of nitriles is 1. The molecule has 0 unspecified atom stereocenters. The molecule has 0 heterocycles. The maximum absolute atomic E-state index is 8.99. The second-order valence-corrected chi connectivity index (χ2v) is 3.35. The molecule has 0 saturated heterocycles. The Hall–Kier alpha value is -1.93. The van der Waals surface area contributed by atoms with Gasteiger partial charge in [0.25, 0.3) is 0 Å². The van der Waals surface area contributed by atoms with Gasteiger partial charge in [0.2, 0.25) is 0 Å². The Morgan fingerprint density at radius 3 is 2.73 bits per heavy atom. The van der Waals surface area contributed by atoms with Crippen LogP contribution in [0.5, 0.6) is 0 Å². The van der Waals surface area contributed by atoms with E-state index in [1.54, 1.807) is 0 Å². The van der Waals surface area contributed by atoms with Gasteiger partial charge < -0.3 is 4.90 Å². The van der Waals surface area contributed by atoms with Crippen LogP contribution in [-0.4, -0.2) is 13.1 Å². The molecule has 1 rings (SSSR count). The van der Waals surface area contributed by atoms with Gasteiger partial charge in [0.15, 0.2) is 0 Å². The van der Waals surface area contributed by atoms with Crippen LogP contribution in [-0.2, 0) is 0 Å². The third kappa shape index (κ3) is 2.51. The smallest absolute Gasteiger partial charge is 0.101 e. The average Bonchev–Trinajstić information content (AvgIpc) is 2.26. The maximum Gasteiger partial charge on any atom is 0.101 e. The summed E-state index contributed by atoms with van der Waals surface area (Å²) < 4.78 is 0. The van der Waals surface area contributed by atoms with Crippen LogP contribution in [0.25, 0.3) is 0 Å². The number of nitrogens with zero attached hydrogens (tertiary/aromatic N) is 2. The van der Waals surface area contributed by atoms with Crippen LogP contribution in [0.2, 0.25) is 0 Å². The van der Waals surface area contributed by atoms with Gasteiger partial charge in [-0.3, -0.25) is 0 Å². The summed E-state index contributed by atoms with van der Waals surface area (Å²) in [5, 5.41) is 8.99. The number of hydrogen-bond acceptors (Lipinski definition) is 2. The van der Waals surface area contributed by atoms with E-state index in [9.17, 15) is 0 Å². The fourth-order valence-electron chi connectivity index (χ4n) is 1.48. The van der Waals surface area contributed by atoms with Crippen LogP contribution in [0.1, 0.15) is 18.1 Å². The second-order valence-electron chi connectivity index (χ2n) is 3.35. The minimum atomic E-state index is 0.536. The van der Waals surface area contributed by atoms with Gasteiger partial charge in [-0.25, -0.2) is 0 Å². The predicted molar refractivity (Wildman–Crippen MR) is 62.6 cm³/mol. The van der Waals surface area contributed by atoms with Gasteiger partial charge in [-0.05, 0) is 31.5 Å². The second kappa shape index (κ2) is 5.08. The SMILES string of the molecule is C#CCN(CC)c1cc(C)ccc1C#N. The standard InChI is InChI=1S/C13H14N2/c1-4-8-15(5-2)13-9-11(3)6-7-12(13)10-14/h1,6-7,9H,5,8H2,2-3H3. The van der Waals surface area contributed by atoms with Crippen molar-refractivity contribution < 1.29 is 0 Å². The number of hydrogen-bond donors (Lipinski definition) is 0. The van der Waals surface area contributed by atoms with Crippen LogP contribution in [0.15, 0.2) is 18.2 Å². The fraction of sp³-hybridized carbons (Fsp3) is 0.308. The molecule has 0 aromatic heterocycles. The van der Waals surface area contributed by atoms with E-state index in [-0.39, 0.29) is 0 Å². The van der Waals surface area contributed by atoms with Crippen molar-refractivity contribution >= 4 is 5.69 Å². The molecule has 1 aromatic carbocycles. The number of terminal acetylenes is 1. The molecule has 0 spiro atoms. The fourth-order valence-corrected chi connectivity index (χ4v) is 1.48. The molecule has 2 heteroatoms. The first-order valence-corrected chi connectivity index (χ1v) is 4.92. The highest BCUT2D eigenvalue weighted by Gasteiger charge is 2.08. The Kier molecular flexibility index (Phi) is 3.77. The van der Waals surface area contributed by atoms with E-state index in [0.29, 0.717) is 12.1 Å². The Morgan fingerprint density at radius 2 is 2.20 bits per heavy atom. The maximum atomic E-state index is 8.99. The minimum absolute atomic E-state index is 0.536. The first kappa shape index (κ1) is 11.1. The molecule has 0 amide bonds. The van der Waals surface area contributed by atoms with Gasteiger partial charge in [-0.1, -0.05) is 12.0 Å². The normalized spacial score (nSPS) is 9.07. The lowest BCUT2D eigenvalue weighted by Crippen LogP contribution is -2.23. The number of aryl methyl sites for hydroxylation is 1. The molecule has 0 bridgehead atoms. The predicted octanol–water partition coefficient (Wildman–Crippen LogP) is 2.33. The molecule has 0 fully saturated rings.